The summed E-state index contributed by atoms with van der Waals surface area (Å²) in [5.74, 6) is -0.385. The van der Waals surface area contributed by atoms with Gasteiger partial charge in [0.2, 0.25) is 0 Å². The molecule has 0 amide bonds. The van der Waals surface area contributed by atoms with Gasteiger partial charge in [-0.2, -0.15) is 0 Å². The Morgan fingerprint density at radius 2 is 1.52 bits per heavy atom. The first-order valence-electron chi connectivity index (χ1n) is 8.10. The lowest BCUT2D eigenvalue weighted by Gasteiger charge is -2.23. The summed E-state index contributed by atoms with van der Waals surface area (Å²) in [6, 6.07) is 0. The van der Waals surface area contributed by atoms with Crippen molar-refractivity contribution in [2.24, 2.45) is 17.3 Å². The van der Waals surface area contributed by atoms with E-state index in [9.17, 15) is 9.59 Å². The van der Waals surface area contributed by atoms with Crippen LogP contribution >= 0.6 is 0 Å². The summed E-state index contributed by atoms with van der Waals surface area (Å²) in [5, 5.41) is 0. The Morgan fingerprint density at radius 3 is 1.95 bits per heavy atom. The standard InChI is InChI=1S/C17H32O4/c1-7-9-10-14(8-2)12-21-16(19)17(5,6)15(18)20-11-13(3)4/h13-14H,7-12H2,1-6H3. The van der Waals surface area contributed by atoms with E-state index in [0.29, 0.717) is 19.1 Å². The minimum absolute atomic E-state index is 0.249. The van der Waals surface area contributed by atoms with Crippen LogP contribution in [0.5, 0.6) is 0 Å². The van der Waals surface area contributed by atoms with Crippen molar-refractivity contribution in [2.45, 2.75) is 67.2 Å². The van der Waals surface area contributed by atoms with Gasteiger partial charge < -0.3 is 9.47 Å². The predicted molar refractivity (Wildman–Crippen MR) is 83.8 cm³/mol. The van der Waals surface area contributed by atoms with Gasteiger partial charge in [-0.15, -0.1) is 0 Å². The number of unbranched alkanes of at least 4 members (excludes halogenated alkanes) is 1. The Hall–Kier alpha value is -1.06. The van der Waals surface area contributed by atoms with Crippen LogP contribution in [0.4, 0.5) is 0 Å². The molecule has 124 valence electrons. The lowest BCUT2D eigenvalue weighted by molar-refractivity contribution is -0.171. The molecule has 0 radical (unpaired) electrons. The number of hydrogen-bond acceptors (Lipinski definition) is 4. The van der Waals surface area contributed by atoms with Crippen molar-refractivity contribution in [1.82, 2.24) is 0 Å². The molecule has 0 aromatic rings. The van der Waals surface area contributed by atoms with Crippen molar-refractivity contribution in [3.8, 4) is 0 Å². The topological polar surface area (TPSA) is 52.6 Å². The van der Waals surface area contributed by atoms with Crippen molar-refractivity contribution in [3.63, 3.8) is 0 Å². The minimum Gasteiger partial charge on any atom is -0.465 e. The van der Waals surface area contributed by atoms with Crippen LogP contribution in [0.1, 0.15) is 67.2 Å². The third-order valence-corrected chi connectivity index (χ3v) is 3.56. The number of hydrogen-bond donors (Lipinski definition) is 0. The van der Waals surface area contributed by atoms with Crippen molar-refractivity contribution in [2.75, 3.05) is 13.2 Å². The SMILES string of the molecule is CCCCC(CC)COC(=O)C(C)(C)C(=O)OCC(C)C. The molecule has 0 fully saturated rings. The third kappa shape index (κ3) is 7.49. The van der Waals surface area contributed by atoms with Gasteiger partial charge in [-0.25, -0.2) is 0 Å². The van der Waals surface area contributed by atoms with E-state index in [-0.39, 0.29) is 5.92 Å². The molecule has 0 aliphatic heterocycles. The Kier molecular flexibility index (Phi) is 9.31. The highest BCUT2D eigenvalue weighted by Gasteiger charge is 2.39. The first-order chi connectivity index (χ1) is 9.75. The summed E-state index contributed by atoms with van der Waals surface area (Å²) >= 11 is 0. The monoisotopic (exact) mass is 300 g/mol. The van der Waals surface area contributed by atoms with E-state index in [1.807, 2.05) is 13.8 Å². The second kappa shape index (κ2) is 9.80. The largest absolute Gasteiger partial charge is 0.465 e. The maximum absolute atomic E-state index is 12.1. The first-order valence-corrected chi connectivity index (χ1v) is 8.10. The Morgan fingerprint density at radius 1 is 1.00 bits per heavy atom. The zero-order chi connectivity index (χ0) is 16.5. The molecule has 0 N–H and O–H groups in total. The van der Waals surface area contributed by atoms with Crippen LogP contribution < -0.4 is 0 Å². The number of rotatable bonds is 10. The molecular weight excluding hydrogens is 268 g/mol. The lowest BCUT2D eigenvalue weighted by atomic mass is 9.93. The zero-order valence-electron chi connectivity index (χ0n) is 14.5. The number of ether oxygens (including phenoxy) is 2. The molecule has 0 rings (SSSR count). The highest BCUT2D eigenvalue weighted by molar-refractivity contribution is 5.99. The molecule has 21 heavy (non-hydrogen) atoms. The normalized spacial score (nSPS) is 13.1. The average Bonchev–Trinajstić information content (AvgIpc) is 2.44. The van der Waals surface area contributed by atoms with Crippen LogP contribution in [0, 0.1) is 17.3 Å². The van der Waals surface area contributed by atoms with E-state index >= 15 is 0 Å². The van der Waals surface area contributed by atoms with E-state index in [1.165, 1.54) is 0 Å². The molecule has 0 heterocycles. The highest BCUT2D eigenvalue weighted by Crippen LogP contribution is 2.22. The molecule has 0 aromatic heterocycles. The first kappa shape index (κ1) is 19.9. The van der Waals surface area contributed by atoms with Gasteiger partial charge in [-0.3, -0.25) is 9.59 Å². The fourth-order valence-corrected chi connectivity index (χ4v) is 1.78. The molecule has 0 saturated heterocycles. The number of carbonyl (C=O) groups excluding carboxylic acids is 2. The highest BCUT2D eigenvalue weighted by atomic mass is 16.6. The number of carbonyl (C=O) groups is 2. The second-order valence-corrected chi connectivity index (χ2v) is 6.63. The van der Waals surface area contributed by atoms with Crippen LogP contribution in [-0.2, 0) is 19.1 Å². The zero-order valence-corrected chi connectivity index (χ0v) is 14.5. The van der Waals surface area contributed by atoms with Crippen LogP contribution in [0.15, 0.2) is 0 Å². The summed E-state index contributed by atoms with van der Waals surface area (Å²) in [7, 11) is 0. The Bertz CT molecular complexity index is 321. The lowest BCUT2D eigenvalue weighted by Crippen LogP contribution is -2.37. The van der Waals surface area contributed by atoms with Crippen molar-refractivity contribution < 1.29 is 19.1 Å². The third-order valence-electron chi connectivity index (χ3n) is 3.56. The van der Waals surface area contributed by atoms with Gasteiger partial charge in [-0.05, 0) is 32.1 Å². The smallest absolute Gasteiger partial charge is 0.322 e. The van der Waals surface area contributed by atoms with E-state index < -0.39 is 17.4 Å². The molecular formula is C17H32O4. The summed E-state index contributed by atoms with van der Waals surface area (Å²) < 4.78 is 10.5. The van der Waals surface area contributed by atoms with Crippen LogP contribution in [0.2, 0.25) is 0 Å². The second-order valence-electron chi connectivity index (χ2n) is 6.63. The summed E-state index contributed by atoms with van der Waals surface area (Å²) in [6.07, 6.45) is 4.30. The summed E-state index contributed by atoms with van der Waals surface area (Å²) in [4.78, 5) is 24.1. The maximum Gasteiger partial charge on any atom is 0.322 e. The van der Waals surface area contributed by atoms with Gasteiger partial charge in [0, 0.05) is 0 Å². The van der Waals surface area contributed by atoms with E-state index in [2.05, 4.69) is 13.8 Å². The van der Waals surface area contributed by atoms with E-state index in [4.69, 9.17) is 9.47 Å². The fraction of sp³-hybridized carbons (Fsp3) is 0.882. The van der Waals surface area contributed by atoms with E-state index in [0.717, 1.165) is 25.7 Å². The molecule has 4 heteroatoms. The van der Waals surface area contributed by atoms with Gasteiger partial charge >= 0.3 is 11.9 Å². The average molecular weight is 300 g/mol. The summed E-state index contributed by atoms with van der Waals surface area (Å²) in [5.41, 5.74) is -1.24. The Labute approximate surface area is 129 Å². The molecule has 1 atom stereocenters. The van der Waals surface area contributed by atoms with Gasteiger partial charge in [0.15, 0.2) is 5.41 Å². The van der Waals surface area contributed by atoms with Crippen molar-refractivity contribution in [1.29, 1.82) is 0 Å². The van der Waals surface area contributed by atoms with Crippen molar-refractivity contribution >= 4 is 11.9 Å². The minimum atomic E-state index is -1.24. The van der Waals surface area contributed by atoms with Gasteiger partial charge in [0.1, 0.15) is 0 Å². The molecule has 0 aliphatic carbocycles. The quantitative estimate of drug-likeness (QED) is 0.452. The van der Waals surface area contributed by atoms with Gasteiger partial charge in [-0.1, -0.05) is 47.0 Å². The molecule has 0 spiro atoms. The molecule has 0 saturated carbocycles. The number of esters is 2. The molecule has 0 aliphatic rings. The van der Waals surface area contributed by atoms with Gasteiger partial charge in [0.05, 0.1) is 13.2 Å². The molecule has 0 aromatic carbocycles. The van der Waals surface area contributed by atoms with Gasteiger partial charge in [0.25, 0.3) is 0 Å². The van der Waals surface area contributed by atoms with E-state index in [1.54, 1.807) is 13.8 Å². The van der Waals surface area contributed by atoms with Crippen LogP contribution in [0.25, 0.3) is 0 Å². The maximum atomic E-state index is 12.1. The van der Waals surface area contributed by atoms with Crippen LogP contribution in [-0.4, -0.2) is 25.2 Å². The molecule has 0 bridgehead atoms. The summed E-state index contributed by atoms with van der Waals surface area (Å²) in [6.45, 7) is 12.0. The fourth-order valence-electron chi connectivity index (χ4n) is 1.78. The molecule has 4 nitrogen and oxygen atoms in total. The van der Waals surface area contributed by atoms with Crippen molar-refractivity contribution in [3.05, 3.63) is 0 Å². The Balaban J connectivity index is 4.37. The van der Waals surface area contributed by atoms with Crippen LogP contribution in [0.3, 0.4) is 0 Å². The predicted octanol–water partition coefficient (Wildman–Crippen LogP) is 3.97. The molecule has 1 unspecified atom stereocenters.